The standard InChI is InChI=1S/C14H19NO5/c1-3-20-11-6-4-5-10(9-11)13(16)15-12(14(17)18)7-8-19-2/h4-6,9,12H,3,7-8H2,1-2H3,(H,15,16)(H,17,18). The van der Waals surface area contributed by atoms with Crippen molar-refractivity contribution in [3.05, 3.63) is 29.8 Å². The zero-order chi connectivity index (χ0) is 15.0. The van der Waals surface area contributed by atoms with E-state index in [0.29, 0.717) is 17.9 Å². The maximum Gasteiger partial charge on any atom is 0.326 e. The number of hydrogen-bond acceptors (Lipinski definition) is 4. The van der Waals surface area contributed by atoms with Crippen LogP contribution in [0.2, 0.25) is 0 Å². The van der Waals surface area contributed by atoms with Crippen molar-refractivity contribution >= 4 is 11.9 Å². The van der Waals surface area contributed by atoms with Gasteiger partial charge < -0.3 is 19.9 Å². The number of carbonyl (C=O) groups is 2. The summed E-state index contributed by atoms with van der Waals surface area (Å²) < 4.78 is 10.1. The van der Waals surface area contributed by atoms with Gasteiger partial charge in [0.25, 0.3) is 5.91 Å². The Morgan fingerprint density at radius 1 is 1.40 bits per heavy atom. The van der Waals surface area contributed by atoms with Crippen molar-refractivity contribution in [3.8, 4) is 5.75 Å². The Balaban J connectivity index is 2.72. The van der Waals surface area contributed by atoms with Gasteiger partial charge in [0.15, 0.2) is 0 Å². The highest BCUT2D eigenvalue weighted by Crippen LogP contribution is 2.13. The van der Waals surface area contributed by atoms with E-state index in [1.807, 2.05) is 6.92 Å². The lowest BCUT2D eigenvalue weighted by Crippen LogP contribution is -2.41. The summed E-state index contributed by atoms with van der Waals surface area (Å²) in [6.45, 7) is 2.60. The number of nitrogens with one attached hydrogen (secondary N) is 1. The SMILES string of the molecule is CCOc1cccc(C(=O)NC(CCOC)C(=O)O)c1. The average Bonchev–Trinajstić information content (AvgIpc) is 2.43. The summed E-state index contributed by atoms with van der Waals surface area (Å²) in [6, 6.07) is 5.63. The van der Waals surface area contributed by atoms with Crippen LogP contribution in [0.15, 0.2) is 24.3 Å². The first-order chi connectivity index (χ1) is 9.58. The molecule has 0 aromatic heterocycles. The smallest absolute Gasteiger partial charge is 0.326 e. The Bertz CT molecular complexity index is 461. The van der Waals surface area contributed by atoms with Crippen molar-refractivity contribution < 1.29 is 24.2 Å². The highest BCUT2D eigenvalue weighted by molar-refractivity contribution is 5.96. The topological polar surface area (TPSA) is 84.9 Å². The largest absolute Gasteiger partial charge is 0.494 e. The first-order valence-corrected chi connectivity index (χ1v) is 6.34. The molecule has 0 aliphatic rings. The number of carboxylic acid groups (broad SMARTS) is 1. The Morgan fingerprint density at radius 2 is 2.15 bits per heavy atom. The van der Waals surface area contributed by atoms with Crippen molar-refractivity contribution in [2.75, 3.05) is 20.3 Å². The van der Waals surface area contributed by atoms with Gasteiger partial charge in [-0.1, -0.05) is 6.07 Å². The van der Waals surface area contributed by atoms with Crippen LogP contribution in [0.3, 0.4) is 0 Å². The van der Waals surface area contributed by atoms with Crippen molar-refractivity contribution in [3.63, 3.8) is 0 Å². The molecule has 0 aliphatic carbocycles. The molecule has 0 spiro atoms. The van der Waals surface area contributed by atoms with Gasteiger partial charge in [0.2, 0.25) is 0 Å². The number of rotatable bonds is 8. The van der Waals surface area contributed by atoms with Crippen LogP contribution in [0.1, 0.15) is 23.7 Å². The first kappa shape index (κ1) is 16.0. The van der Waals surface area contributed by atoms with E-state index in [1.165, 1.54) is 7.11 Å². The van der Waals surface area contributed by atoms with Gasteiger partial charge >= 0.3 is 5.97 Å². The number of benzene rings is 1. The highest BCUT2D eigenvalue weighted by atomic mass is 16.5. The van der Waals surface area contributed by atoms with E-state index in [4.69, 9.17) is 14.6 Å². The predicted molar refractivity (Wildman–Crippen MR) is 73.0 cm³/mol. The van der Waals surface area contributed by atoms with Gasteiger partial charge in [-0.3, -0.25) is 4.79 Å². The Kier molecular flexibility index (Phi) is 6.52. The van der Waals surface area contributed by atoms with Gasteiger partial charge in [0.05, 0.1) is 6.61 Å². The summed E-state index contributed by atoms with van der Waals surface area (Å²) >= 11 is 0. The monoisotopic (exact) mass is 281 g/mol. The quantitative estimate of drug-likeness (QED) is 0.750. The Hall–Kier alpha value is -2.08. The first-order valence-electron chi connectivity index (χ1n) is 6.34. The van der Waals surface area contributed by atoms with Crippen molar-refractivity contribution in [1.29, 1.82) is 0 Å². The molecule has 0 saturated carbocycles. The molecule has 110 valence electrons. The fourth-order valence-electron chi connectivity index (χ4n) is 1.63. The normalized spacial score (nSPS) is 11.7. The van der Waals surface area contributed by atoms with E-state index in [-0.39, 0.29) is 13.0 Å². The van der Waals surface area contributed by atoms with Gasteiger partial charge in [-0.15, -0.1) is 0 Å². The molecule has 1 aromatic carbocycles. The number of amides is 1. The molecule has 1 rings (SSSR count). The molecular formula is C14H19NO5. The Labute approximate surface area is 117 Å². The zero-order valence-corrected chi connectivity index (χ0v) is 11.6. The van der Waals surface area contributed by atoms with E-state index < -0.39 is 17.9 Å². The third-order valence-corrected chi connectivity index (χ3v) is 2.62. The van der Waals surface area contributed by atoms with Gasteiger partial charge in [0.1, 0.15) is 11.8 Å². The number of ether oxygens (including phenoxy) is 2. The summed E-state index contributed by atoms with van der Waals surface area (Å²) in [5.74, 6) is -0.963. The maximum absolute atomic E-state index is 12.0. The minimum atomic E-state index is -1.09. The number of carboxylic acids is 1. The Morgan fingerprint density at radius 3 is 2.75 bits per heavy atom. The fraction of sp³-hybridized carbons (Fsp3) is 0.429. The van der Waals surface area contributed by atoms with Crippen LogP contribution in [0, 0.1) is 0 Å². The lowest BCUT2D eigenvalue weighted by atomic mass is 10.1. The molecule has 1 amide bonds. The van der Waals surface area contributed by atoms with Crippen LogP contribution in [0.4, 0.5) is 0 Å². The fourth-order valence-corrected chi connectivity index (χ4v) is 1.63. The highest BCUT2D eigenvalue weighted by Gasteiger charge is 2.20. The molecule has 0 heterocycles. The molecule has 2 N–H and O–H groups in total. The van der Waals surface area contributed by atoms with Gasteiger partial charge in [-0.25, -0.2) is 4.79 Å². The average molecular weight is 281 g/mol. The van der Waals surface area contributed by atoms with Crippen molar-refractivity contribution in [2.24, 2.45) is 0 Å². The molecule has 0 fully saturated rings. The second-order valence-electron chi connectivity index (χ2n) is 4.11. The van der Waals surface area contributed by atoms with Crippen molar-refractivity contribution in [1.82, 2.24) is 5.32 Å². The number of methoxy groups -OCH3 is 1. The molecule has 0 aliphatic heterocycles. The predicted octanol–water partition coefficient (Wildman–Crippen LogP) is 1.30. The number of aliphatic carboxylic acids is 1. The van der Waals surface area contributed by atoms with Crippen LogP contribution < -0.4 is 10.1 Å². The van der Waals surface area contributed by atoms with E-state index >= 15 is 0 Å². The van der Waals surface area contributed by atoms with E-state index in [9.17, 15) is 9.59 Å². The van der Waals surface area contributed by atoms with Crippen LogP contribution in [-0.2, 0) is 9.53 Å². The maximum atomic E-state index is 12.0. The van der Waals surface area contributed by atoms with E-state index in [1.54, 1.807) is 24.3 Å². The molecule has 6 heteroatoms. The molecule has 1 aromatic rings. The molecule has 20 heavy (non-hydrogen) atoms. The zero-order valence-electron chi connectivity index (χ0n) is 11.6. The summed E-state index contributed by atoms with van der Waals surface area (Å²) in [5, 5.41) is 11.5. The molecule has 0 saturated heterocycles. The van der Waals surface area contributed by atoms with Crippen LogP contribution >= 0.6 is 0 Å². The summed E-state index contributed by atoms with van der Waals surface area (Å²) in [5.41, 5.74) is 0.361. The number of carbonyl (C=O) groups excluding carboxylic acids is 1. The van der Waals surface area contributed by atoms with E-state index in [0.717, 1.165) is 0 Å². The minimum Gasteiger partial charge on any atom is -0.494 e. The van der Waals surface area contributed by atoms with Crippen LogP contribution in [-0.4, -0.2) is 43.3 Å². The molecular weight excluding hydrogens is 262 g/mol. The second-order valence-corrected chi connectivity index (χ2v) is 4.11. The molecule has 1 unspecified atom stereocenters. The summed E-state index contributed by atoms with van der Waals surface area (Å²) in [7, 11) is 1.48. The molecule has 6 nitrogen and oxygen atoms in total. The molecule has 0 bridgehead atoms. The van der Waals surface area contributed by atoms with Crippen LogP contribution in [0.25, 0.3) is 0 Å². The minimum absolute atomic E-state index is 0.211. The lowest BCUT2D eigenvalue weighted by molar-refractivity contribution is -0.139. The van der Waals surface area contributed by atoms with Crippen molar-refractivity contribution in [2.45, 2.75) is 19.4 Å². The number of hydrogen-bond donors (Lipinski definition) is 2. The third-order valence-electron chi connectivity index (χ3n) is 2.62. The summed E-state index contributed by atoms with van der Waals surface area (Å²) in [4.78, 5) is 23.1. The lowest BCUT2D eigenvalue weighted by Gasteiger charge is -2.14. The molecule has 0 radical (unpaired) electrons. The van der Waals surface area contributed by atoms with E-state index in [2.05, 4.69) is 5.32 Å². The van der Waals surface area contributed by atoms with Gasteiger partial charge in [-0.05, 0) is 25.1 Å². The second kappa shape index (κ2) is 8.16. The van der Waals surface area contributed by atoms with Gasteiger partial charge in [0, 0.05) is 25.7 Å². The summed E-state index contributed by atoms with van der Waals surface area (Å²) in [6.07, 6.45) is 0.211. The van der Waals surface area contributed by atoms with Crippen LogP contribution in [0.5, 0.6) is 5.75 Å². The molecule has 1 atom stereocenters. The van der Waals surface area contributed by atoms with Gasteiger partial charge in [-0.2, -0.15) is 0 Å². The third kappa shape index (κ3) is 4.89.